The van der Waals surface area contributed by atoms with Crippen molar-refractivity contribution in [2.45, 2.75) is 39.0 Å². The second-order valence-corrected chi connectivity index (χ2v) is 5.78. The van der Waals surface area contributed by atoms with E-state index in [0.29, 0.717) is 0 Å². The SMILES string of the molecule is CC(C)[C@H](C[N+](=O)[O-])O[C@H](c1ccccc1)[C@H](C)N(C)C=O. The monoisotopic (exact) mass is 308 g/mol. The van der Waals surface area contributed by atoms with E-state index in [4.69, 9.17) is 4.74 Å². The van der Waals surface area contributed by atoms with Gasteiger partial charge in [-0.25, -0.2) is 0 Å². The fourth-order valence-electron chi connectivity index (χ4n) is 2.17. The molecule has 3 atom stereocenters. The zero-order valence-corrected chi connectivity index (χ0v) is 13.5. The van der Waals surface area contributed by atoms with Crippen LogP contribution in [0, 0.1) is 16.0 Å². The molecule has 0 aliphatic carbocycles. The van der Waals surface area contributed by atoms with Crippen molar-refractivity contribution < 1.29 is 14.5 Å². The third-order valence-electron chi connectivity index (χ3n) is 3.77. The fourth-order valence-corrected chi connectivity index (χ4v) is 2.17. The van der Waals surface area contributed by atoms with Gasteiger partial charge in [0.05, 0.1) is 6.04 Å². The maximum Gasteiger partial charge on any atom is 0.229 e. The number of rotatable bonds is 9. The molecule has 0 fully saturated rings. The van der Waals surface area contributed by atoms with Gasteiger partial charge in [0.2, 0.25) is 13.0 Å². The summed E-state index contributed by atoms with van der Waals surface area (Å²) in [5.41, 5.74) is 0.901. The van der Waals surface area contributed by atoms with Crippen LogP contribution in [0.3, 0.4) is 0 Å². The second kappa shape index (κ2) is 8.48. The first-order chi connectivity index (χ1) is 10.4. The third kappa shape index (κ3) is 5.11. The first-order valence-electron chi connectivity index (χ1n) is 7.36. The number of carbonyl (C=O) groups is 1. The van der Waals surface area contributed by atoms with Gasteiger partial charge >= 0.3 is 0 Å². The molecular formula is C16H24N2O4. The first-order valence-corrected chi connectivity index (χ1v) is 7.36. The van der Waals surface area contributed by atoms with E-state index in [1.165, 1.54) is 4.90 Å². The Bertz CT molecular complexity index is 478. The molecule has 1 rings (SSSR count). The van der Waals surface area contributed by atoms with Crippen molar-refractivity contribution in [1.29, 1.82) is 0 Å². The molecule has 0 unspecified atom stereocenters. The Morgan fingerprint density at radius 2 is 1.86 bits per heavy atom. The molecular weight excluding hydrogens is 284 g/mol. The van der Waals surface area contributed by atoms with Gasteiger partial charge in [-0.2, -0.15) is 0 Å². The van der Waals surface area contributed by atoms with E-state index < -0.39 is 12.2 Å². The van der Waals surface area contributed by atoms with Gasteiger partial charge in [-0.3, -0.25) is 14.9 Å². The maximum atomic E-state index is 11.0. The van der Waals surface area contributed by atoms with Crippen LogP contribution in [0.5, 0.6) is 0 Å². The van der Waals surface area contributed by atoms with Crippen molar-refractivity contribution in [3.05, 3.63) is 46.0 Å². The molecule has 0 heterocycles. The fraction of sp³-hybridized carbons (Fsp3) is 0.562. The van der Waals surface area contributed by atoms with E-state index in [1.54, 1.807) is 7.05 Å². The summed E-state index contributed by atoms with van der Waals surface area (Å²) in [7, 11) is 1.68. The number of nitro groups is 1. The van der Waals surface area contributed by atoms with Crippen LogP contribution in [0.1, 0.15) is 32.4 Å². The molecule has 0 N–H and O–H groups in total. The van der Waals surface area contributed by atoms with Crippen molar-refractivity contribution in [2.24, 2.45) is 5.92 Å². The van der Waals surface area contributed by atoms with Crippen molar-refractivity contribution >= 4 is 6.41 Å². The second-order valence-electron chi connectivity index (χ2n) is 5.78. The van der Waals surface area contributed by atoms with Gasteiger partial charge in [0.25, 0.3) is 0 Å². The van der Waals surface area contributed by atoms with Crippen LogP contribution in [0.4, 0.5) is 0 Å². The van der Waals surface area contributed by atoms with E-state index in [1.807, 2.05) is 51.1 Å². The highest BCUT2D eigenvalue weighted by Crippen LogP contribution is 2.27. The number of likely N-dealkylation sites (N-methyl/N-ethyl adjacent to an activating group) is 1. The van der Waals surface area contributed by atoms with E-state index in [2.05, 4.69) is 0 Å². The van der Waals surface area contributed by atoms with Crippen molar-refractivity contribution in [3.63, 3.8) is 0 Å². The first kappa shape index (κ1) is 18.1. The van der Waals surface area contributed by atoms with Crippen molar-refractivity contribution in [2.75, 3.05) is 13.6 Å². The summed E-state index contributed by atoms with van der Waals surface area (Å²) >= 11 is 0. The van der Waals surface area contributed by atoms with E-state index in [-0.39, 0.29) is 23.4 Å². The molecule has 0 aromatic heterocycles. The Labute approximate surface area is 131 Å². The van der Waals surface area contributed by atoms with Crippen LogP contribution in [0.25, 0.3) is 0 Å². The molecule has 0 radical (unpaired) electrons. The Hall–Kier alpha value is -1.95. The molecule has 0 aliphatic heterocycles. The van der Waals surface area contributed by atoms with Crippen LogP contribution in [0.2, 0.25) is 0 Å². The summed E-state index contributed by atoms with van der Waals surface area (Å²) in [4.78, 5) is 23.0. The van der Waals surface area contributed by atoms with Crippen LogP contribution < -0.4 is 0 Å². The largest absolute Gasteiger partial charge is 0.361 e. The molecule has 1 aromatic carbocycles. The van der Waals surface area contributed by atoms with Crippen LogP contribution >= 0.6 is 0 Å². The summed E-state index contributed by atoms with van der Waals surface area (Å²) in [5, 5.41) is 10.9. The van der Waals surface area contributed by atoms with Crippen molar-refractivity contribution in [1.82, 2.24) is 4.90 Å². The van der Waals surface area contributed by atoms with Crippen LogP contribution in [-0.2, 0) is 9.53 Å². The quantitative estimate of drug-likeness (QED) is 0.399. The van der Waals surface area contributed by atoms with Gasteiger partial charge in [-0.05, 0) is 18.4 Å². The molecule has 0 saturated heterocycles. The summed E-state index contributed by atoms with van der Waals surface area (Å²) in [6.07, 6.45) is -0.187. The summed E-state index contributed by atoms with van der Waals surface area (Å²) in [5.74, 6) is 0.00495. The van der Waals surface area contributed by atoms with E-state index in [0.717, 1.165) is 12.0 Å². The highest BCUT2D eigenvalue weighted by molar-refractivity contribution is 5.47. The molecule has 122 valence electrons. The molecule has 1 aromatic rings. The lowest BCUT2D eigenvalue weighted by molar-refractivity contribution is -0.494. The summed E-state index contributed by atoms with van der Waals surface area (Å²) in [6.45, 7) is 5.41. The standard InChI is InChI=1S/C16H24N2O4/c1-12(2)15(10-18(20)21)22-16(13(3)17(4)11-19)14-8-6-5-7-9-14/h5-9,11-13,15-16H,10H2,1-4H3/t13-,15-,16-/m0/s1. The zero-order chi connectivity index (χ0) is 16.7. The number of hydrogen-bond acceptors (Lipinski definition) is 4. The number of ether oxygens (including phenoxy) is 1. The van der Waals surface area contributed by atoms with Gasteiger partial charge < -0.3 is 9.64 Å². The van der Waals surface area contributed by atoms with Gasteiger partial charge in [0.15, 0.2) is 0 Å². The minimum Gasteiger partial charge on any atom is -0.361 e. The maximum absolute atomic E-state index is 11.0. The third-order valence-corrected chi connectivity index (χ3v) is 3.77. The molecule has 1 amide bonds. The van der Waals surface area contributed by atoms with E-state index >= 15 is 0 Å². The Kier molecular flexibility index (Phi) is 6.98. The molecule has 0 spiro atoms. The number of benzene rings is 1. The number of hydrogen-bond donors (Lipinski definition) is 0. The molecule has 0 aliphatic rings. The Morgan fingerprint density at radius 1 is 1.27 bits per heavy atom. The predicted octanol–water partition coefficient (Wildman–Crippen LogP) is 2.52. The van der Waals surface area contributed by atoms with Gasteiger partial charge in [0, 0.05) is 12.0 Å². The summed E-state index contributed by atoms with van der Waals surface area (Å²) in [6, 6.07) is 9.25. The minimum atomic E-state index is -0.511. The number of carbonyl (C=O) groups excluding carboxylic acids is 1. The normalized spacial score (nSPS) is 15.1. The van der Waals surface area contributed by atoms with Gasteiger partial charge in [0.1, 0.15) is 12.2 Å². The number of amides is 1. The van der Waals surface area contributed by atoms with Crippen LogP contribution in [-0.4, -0.2) is 42.0 Å². The average molecular weight is 308 g/mol. The highest BCUT2D eigenvalue weighted by Gasteiger charge is 2.30. The lowest BCUT2D eigenvalue weighted by atomic mass is 10.0. The molecule has 0 saturated carbocycles. The number of nitrogens with zero attached hydrogens (tertiary/aromatic N) is 2. The topological polar surface area (TPSA) is 72.7 Å². The van der Waals surface area contributed by atoms with Crippen LogP contribution in [0.15, 0.2) is 30.3 Å². The lowest BCUT2D eigenvalue weighted by Crippen LogP contribution is -2.39. The minimum absolute atomic E-state index is 0.00495. The smallest absolute Gasteiger partial charge is 0.229 e. The molecule has 22 heavy (non-hydrogen) atoms. The molecule has 0 bridgehead atoms. The van der Waals surface area contributed by atoms with Crippen molar-refractivity contribution in [3.8, 4) is 0 Å². The zero-order valence-electron chi connectivity index (χ0n) is 13.5. The lowest BCUT2D eigenvalue weighted by Gasteiger charge is -2.33. The average Bonchev–Trinajstić information content (AvgIpc) is 2.50. The Morgan fingerprint density at radius 3 is 2.32 bits per heavy atom. The Balaban J connectivity index is 3.03. The highest BCUT2D eigenvalue weighted by atomic mass is 16.6. The van der Waals surface area contributed by atoms with E-state index in [9.17, 15) is 14.9 Å². The van der Waals surface area contributed by atoms with Gasteiger partial charge in [-0.1, -0.05) is 44.2 Å². The molecule has 6 nitrogen and oxygen atoms in total. The predicted molar refractivity (Wildman–Crippen MR) is 84.0 cm³/mol. The molecule has 6 heteroatoms. The van der Waals surface area contributed by atoms with Gasteiger partial charge in [-0.15, -0.1) is 0 Å². The summed E-state index contributed by atoms with van der Waals surface area (Å²) < 4.78 is 6.05.